The van der Waals surface area contributed by atoms with E-state index in [1.807, 2.05) is 66.7 Å². The molecule has 0 fully saturated rings. The van der Waals surface area contributed by atoms with Crippen molar-refractivity contribution < 1.29 is 0 Å². The molecular weight excluding hydrogens is 332 g/mol. The van der Waals surface area contributed by atoms with Crippen molar-refractivity contribution >= 4 is 21.7 Å². The Kier molecular flexibility index (Phi) is 3.58. The van der Waals surface area contributed by atoms with Gasteiger partial charge in [-0.25, -0.2) is 4.98 Å². The third-order valence-corrected chi connectivity index (χ3v) is 4.84. The molecule has 1 aromatic heterocycles. The van der Waals surface area contributed by atoms with Gasteiger partial charge in [0.2, 0.25) is 0 Å². The van der Waals surface area contributed by atoms with E-state index in [9.17, 15) is 4.79 Å². The molecule has 0 unspecified atom stereocenters. The minimum atomic E-state index is -0.124. The second kappa shape index (κ2) is 6.22. The quantitative estimate of drug-likeness (QED) is 0.463. The van der Waals surface area contributed by atoms with Crippen LogP contribution >= 0.6 is 0 Å². The molecule has 0 amide bonds. The summed E-state index contributed by atoms with van der Waals surface area (Å²) in [6.07, 6.45) is 0. The third-order valence-electron chi connectivity index (χ3n) is 4.84. The number of hydrogen-bond acceptors (Lipinski definition) is 2. The van der Waals surface area contributed by atoms with E-state index in [-0.39, 0.29) is 5.56 Å². The van der Waals surface area contributed by atoms with Crippen molar-refractivity contribution in [3.05, 3.63) is 101 Å². The van der Waals surface area contributed by atoms with E-state index in [4.69, 9.17) is 4.98 Å². The smallest absolute Gasteiger partial charge is 0.259 e. The monoisotopic (exact) mass is 348 g/mol. The second-order valence-electron chi connectivity index (χ2n) is 6.54. The molecule has 3 nitrogen and oxygen atoms in total. The zero-order valence-electron chi connectivity index (χ0n) is 14.5. The van der Waals surface area contributed by atoms with Crippen LogP contribution in [0.2, 0.25) is 0 Å². The molecule has 0 spiro atoms. The van der Waals surface area contributed by atoms with Crippen LogP contribution in [0.5, 0.6) is 0 Å². The van der Waals surface area contributed by atoms with Gasteiger partial charge in [-0.2, -0.15) is 0 Å². The van der Waals surface area contributed by atoms with Crippen molar-refractivity contribution in [3.8, 4) is 22.5 Å². The van der Waals surface area contributed by atoms with Crippen LogP contribution < -0.4 is 5.56 Å². The Morgan fingerprint density at radius 1 is 0.667 bits per heavy atom. The van der Waals surface area contributed by atoms with Gasteiger partial charge >= 0.3 is 0 Å². The van der Waals surface area contributed by atoms with Crippen molar-refractivity contribution in [2.75, 3.05) is 0 Å². The predicted octanol–water partition coefficient (Wildman–Crippen LogP) is 5.41. The van der Waals surface area contributed by atoms with Gasteiger partial charge in [-0.3, -0.25) is 4.79 Å². The Morgan fingerprint density at radius 3 is 2.30 bits per heavy atom. The number of nitrogens with one attached hydrogen (secondary N) is 1. The molecule has 0 saturated heterocycles. The summed E-state index contributed by atoms with van der Waals surface area (Å²) in [5, 5.41) is 2.88. The summed E-state index contributed by atoms with van der Waals surface area (Å²) in [6.45, 7) is 0. The van der Waals surface area contributed by atoms with Gasteiger partial charge in [0.15, 0.2) is 0 Å². The lowest BCUT2D eigenvalue weighted by Crippen LogP contribution is -2.10. The molecule has 3 heteroatoms. The Morgan fingerprint density at radius 2 is 1.44 bits per heavy atom. The molecule has 1 N–H and O–H groups in total. The van der Waals surface area contributed by atoms with E-state index in [2.05, 4.69) is 29.2 Å². The highest BCUT2D eigenvalue weighted by Crippen LogP contribution is 2.28. The SMILES string of the molecule is O=c1[nH]c(-c2ccc3ccccc3c2)nc2c(-c3ccccc3)cccc12. The summed E-state index contributed by atoms with van der Waals surface area (Å²) in [5.74, 6) is 0.585. The molecule has 0 aliphatic rings. The van der Waals surface area contributed by atoms with E-state index in [1.54, 1.807) is 0 Å². The van der Waals surface area contributed by atoms with E-state index in [1.165, 1.54) is 0 Å². The van der Waals surface area contributed by atoms with E-state index in [0.717, 1.165) is 33.0 Å². The van der Waals surface area contributed by atoms with Crippen LogP contribution in [-0.2, 0) is 0 Å². The average molecular weight is 348 g/mol. The van der Waals surface area contributed by atoms with Gasteiger partial charge in [-0.05, 0) is 28.5 Å². The van der Waals surface area contributed by atoms with Gasteiger partial charge in [0.25, 0.3) is 5.56 Å². The second-order valence-corrected chi connectivity index (χ2v) is 6.54. The highest BCUT2D eigenvalue weighted by Gasteiger charge is 2.11. The molecule has 0 aliphatic heterocycles. The molecule has 128 valence electrons. The van der Waals surface area contributed by atoms with Gasteiger partial charge in [-0.15, -0.1) is 0 Å². The van der Waals surface area contributed by atoms with Crippen LogP contribution in [0.1, 0.15) is 0 Å². The van der Waals surface area contributed by atoms with Crippen molar-refractivity contribution in [2.45, 2.75) is 0 Å². The van der Waals surface area contributed by atoms with E-state index in [0.29, 0.717) is 11.2 Å². The van der Waals surface area contributed by atoms with Crippen molar-refractivity contribution in [1.29, 1.82) is 0 Å². The molecule has 0 atom stereocenters. The minimum absolute atomic E-state index is 0.124. The fourth-order valence-corrected chi connectivity index (χ4v) is 3.49. The topological polar surface area (TPSA) is 45.8 Å². The zero-order chi connectivity index (χ0) is 18.2. The minimum Gasteiger partial charge on any atom is -0.306 e. The predicted molar refractivity (Wildman–Crippen MR) is 111 cm³/mol. The lowest BCUT2D eigenvalue weighted by molar-refractivity contribution is 1.18. The number of para-hydroxylation sites is 1. The zero-order valence-corrected chi connectivity index (χ0v) is 14.5. The summed E-state index contributed by atoms with van der Waals surface area (Å²) >= 11 is 0. The van der Waals surface area contributed by atoms with Crippen LogP contribution in [0.4, 0.5) is 0 Å². The number of rotatable bonds is 2. The maximum absolute atomic E-state index is 12.7. The molecule has 27 heavy (non-hydrogen) atoms. The fourth-order valence-electron chi connectivity index (χ4n) is 3.49. The molecule has 0 bridgehead atoms. The number of H-pyrrole nitrogens is 1. The summed E-state index contributed by atoms with van der Waals surface area (Å²) in [4.78, 5) is 20.5. The van der Waals surface area contributed by atoms with Crippen LogP contribution in [0.25, 0.3) is 44.2 Å². The molecule has 0 radical (unpaired) electrons. The number of aromatic amines is 1. The molecule has 5 aromatic rings. The Balaban J connectivity index is 1.77. The van der Waals surface area contributed by atoms with Crippen molar-refractivity contribution in [3.63, 3.8) is 0 Å². The fraction of sp³-hybridized carbons (Fsp3) is 0. The van der Waals surface area contributed by atoms with Crippen molar-refractivity contribution in [2.24, 2.45) is 0 Å². The van der Waals surface area contributed by atoms with Gasteiger partial charge in [0, 0.05) is 11.1 Å². The Hall–Kier alpha value is -3.72. The normalized spacial score (nSPS) is 11.1. The maximum Gasteiger partial charge on any atom is 0.259 e. The number of fused-ring (bicyclic) bond motifs is 2. The lowest BCUT2D eigenvalue weighted by Gasteiger charge is -2.09. The van der Waals surface area contributed by atoms with Crippen LogP contribution in [0.15, 0.2) is 95.8 Å². The van der Waals surface area contributed by atoms with Crippen LogP contribution in [0.3, 0.4) is 0 Å². The summed E-state index contributed by atoms with van der Waals surface area (Å²) < 4.78 is 0. The molecule has 5 rings (SSSR count). The third kappa shape index (κ3) is 2.70. The molecular formula is C24H16N2O. The van der Waals surface area contributed by atoms with Crippen LogP contribution in [-0.4, -0.2) is 9.97 Å². The average Bonchev–Trinajstić information content (AvgIpc) is 2.73. The Bertz CT molecular complexity index is 1340. The number of aromatic nitrogens is 2. The summed E-state index contributed by atoms with van der Waals surface area (Å²) in [6, 6.07) is 30.0. The molecule has 0 aliphatic carbocycles. The first-order valence-electron chi connectivity index (χ1n) is 8.87. The van der Waals surface area contributed by atoms with Crippen molar-refractivity contribution in [1.82, 2.24) is 9.97 Å². The van der Waals surface area contributed by atoms with Gasteiger partial charge in [-0.1, -0.05) is 78.9 Å². The first-order valence-corrected chi connectivity index (χ1v) is 8.87. The standard InChI is InChI=1S/C24H16N2O/c27-24-21-12-6-11-20(17-8-2-1-3-9-17)22(21)25-23(26-24)19-14-13-16-7-4-5-10-18(16)15-19/h1-15H,(H,25,26,27). The molecule has 4 aromatic carbocycles. The lowest BCUT2D eigenvalue weighted by atomic mass is 10.0. The Labute approximate surface area is 156 Å². The molecule has 0 saturated carbocycles. The first kappa shape index (κ1) is 15.5. The summed E-state index contributed by atoms with van der Waals surface area (Å²) in [7, 11) is 0. The maximum atomic E-state index is 12.7. The summed E-state index contributed by atoms with van der Waals surface area (Å²) in [5.41, 5.74) is 3.50. The van der Waals surface area contributed by atoms with E-state index < -0.39 is 0 Å². The number of benzene rings is 4. The largest absolute Gasteiger partial charge is 0.306 e. The first-order chi connectivity index (χ1) is 13.3. The van der Waals surface area contributed by atoms with Gasteiger partial charge in [0.1, 0.15) is 5.82 Å². The van der Waals surface area contributed by atoms with Crippen LogP contribution in [0, 0.1) is 0 Å². The van der Waals surface area contributed by atoms with Gasteiger partial charge in [0.05, 0.1) is 10.9 Å². The van der Waals surface area contributed by atoms with E-state index >= 15 is 0 Å². The highest BCUT2D eigenvalue weighted by molar-refractivity contribution is 5.94. The van der Waals surface area contributed by atoms with Gasteiger partial charge < -0.3 is 4.98 Å². The highest BCUT2D eigenvalue weighted by atomic mass is 16.1. The number of nitrogens with zero attached hydrogens (tertiary/aromatic N) is 1. The molecule has 1 heterocycles. The number of hydrogen-bond donors (Lipinski definition) is 1.